The van der Waals surface area contributed by atoms with E-state index in [1.165, 1.54) is 0 Å². The van der Waals surface area contributed by atoms with Crippen LogP contribution >= 0.6 is 11.6 Å². The Morgan fingerprint density at radius 1 is 1.21 bits per heavy atom. The molecule has 0 spiro atoms. The van der Waals surface area contributed by atoms with Crippen molar-refractivity contribution in [1.82, 2.24) is 14.5 Å². The van der Waals surface area contributed by atoms with Crippen LogP contribution in [0, 0.1) is 5.92 Å². The van der Waals surface area contributed by atoms with Gasteiger partial charge < -0.3 is 4.90 Å². The number of piperazine rings is 1. The average Bonchev–Trinajstić information content (AvgIpc) is 2.31. The minimum atomic E-state index is -3.23. The van der Waals surface area contributed by atoms with Crippen LogP contribution < -0.4 is 4.72 Å². The molecule has 1 unspecified atom stereocenters. The molecular weight excluding hydrogens is 286 g/mol. The Labute approximate surface area is 122 Å². The van der Waals surface area contributed by atoms with E-state index in [1.54, 1.807) is 0 Å². The molecule has 1 rings (SSSR count). The van der Waals surface area contributed by atoms with Gasteiger partial charge in [0.25, 0.3) is 0 Å². The molecule has 1 atom stereocenters. The van der Waals surface area contributed by atoms with Crippen LogP contribution in [0.5, 0.6) is 0 Å². The Balaban J connectivity index is 2.54. The molecule has 0 bridgehead atoms. The van der Waals surface area contributed by atoms with Crippen LogP contribution in [0.1, 0.15) is 13.8 Å². The molecule has 0 radical (unpaired) electrons. The second-order valence-electron chi connectivity index (χ2n) is 5.51. The Kier molecular flexibility index (Phi) is 7.04. The fourth-order valence-corrected chi connectivity index (χ4v) is 3.71. The number of likely N-dealkylation sites (N-methyl/N-ethyl adjacent to an activating group) is 1. The summed E-state index contributed by atoms with van der Waals surface area (Å²) in [4.78, 5) is 4.68. The van der Waals surface area contributed by atoms with Gasteiger partial charge in [0.2, 0.25) is 10.0 Å². The van der Waals surface area contributed by atoms with Gasteiger partial charge in [-0.05, 0) is 13.0 Å². The fraction of sp³-hybridized carbons (Fsp3) is 1.00. The number of halogens is 1. The largest absolute Gasteiger partial charge is 0.304 e. The molecule has 0 saturated carbocycles. The number of nitrogens with one attached hydrogen (secondary N) is 1. The van der Waals surface area contributed by atoms with Gasteiger partial charge >= 0.3 is 0 Å². The number of alkyl halides is 1. The molecule has 1 aliphatic rings. The number of hydrogen-bond acceptors (Lipinski definition) is 4. The molecule has 1 N–H and O–H groups in total. The summed E-state index contributed by atoms with van der Waals surface area (Å²) >= 11 is 5.49. The minimum absolute atomic E-state index is 0.0118. The second-order valence-corrected chi connectivity index (χ2v) is 7.81. The van der Waals surface area contributed by atoms with E-state index in [0.717, 1.165) is 26.2 Å². The summed E-state index contributed by atoms with van der Waals surface area (Å²) in [5.41, 5.74) is 0. The van der Waals surface area contributed by atoms with E-state index in [9.17, 15) is 8.42 Å². The van der Waals surface area contributed by atoms with Crippen LogP contribution in [0.2, 0.25) is 0 Å². The summed E-state index contributed by atoms with van der Waals surface area (Å²) in [7, 11) is -1.11. The van der Waals surface area contributed by atoms with Crippen molar-refractivity contribution in [2.75, 3.05) is 51.4 Å². The monoisotopic (exact) mass is 311 g/mol. The van der Waals surface area contributed by atoms with E-state index in [2.05, 4.69) is 35.4 Å². The first-order valence-corrected chi connectivity index (χ1v) is 9.00. The Bertz CT molecular complexity index is 354. The number of nitrogens with zero attached hydrogens (tertiary/aromatic N) is 2. The SMILES string of the molecule is CC(C)C(CNS(=O)(=O)CCCl)N1CCN(C)CC1. The van der Waals surface area contributed by atoms with Crippen LogP contribution in [0.3, 0.4) is 0 Å². The smallest absolute Gasteiger partial charge is 0.212 e. The van der Waals surface area contributed by atoms with Crippen molar-refractivity contribution in [2.24, 2.45) is 5.92 Å². The van der Waals surface area contributed by atoms with Gasteiger partial charge in [0, 0.05) is 44.6 Å². The van der Waals surface area contributed by atoms with Gasteiger partial charge in [-0.15, -0.1) is 11.6 Å². The zero-order valence-corrected chi connectivity index (χ0v) is 13.7. The predicted octanol–water partition coefficient (Wildman–Crippen LogP) is 0.417. The van der Waals surface area contributed by atoms with Crippen LogP contribution in [-0.4, -0.2) is 75.7 Å². The van der Waals surface area contributed by atoms with Gasteiger partial charge in [-0.3, -0.25) is 4.90 Å². The molecule has 7 heteroatoms. The van der Waals surface area contributed by atoms with Crippen LogP contribution in [0.25, 0.3) is 0 Å². The lowest BCUT2D eigenvalue weighted by Crippen LogP contribution is -2.54. The van der Waals surface area contributed by atoms with E-state index in [-0.39, 0.29) is 17.7 Å². The molecule has 5 nitrogen and oxygen atoms in total. The van der Waals surface area contributed by atoms with E-state index in [0.29, 0.717) is 12.5 Å². The average molecular weight is 312 g/mol. The minimum Gasteiger partial charge on any atom is -0.304 e. The van der Waals surface area contributed by atoms with Gasteiger partial charge in [-0.25, -0.2) is 13.1 Å². The van der Waals surface area contributed by atoms with Crippen LogP contribution in [-0.2, 0) is 10.0 Å². The molecular formula is C12H26ClN3O2S. The second kappa shape index (κ2) is 7.78. The zero-order chi connectivity index (χ0) is 14.5. The summed E-state index contributed by atoms with van der Waals surface area (Å²) in [6, 6.07) is 0.249. The predicted molar refractivity (Wildman–Crippen MR) is 80.2 cm³/mol. The highest BCUT2D eigenvalue weighted by atomic mass is 35.5. The Morgan fingerprint density at radius 2 is 1.79 bits per heavy atom. The lowest BCUT2D eigenvalue weighted by atomic mass is 10.0. The first-order valence-electron chi connectivity index (χ1n) is 6.81. The maximum absolute atomic E-state index is 11.7. The van der Waals surface area contributed by atoms with E-state index in [1.807, 2.05) is 0 Å². The third-order valence-corrected chi connectivity index (χ3v) is 5.40. The topological polar surface area (TPSA) is 52.7 Å². The summed E-state index contributed by atoms with van der Waals surface area (Å²) in [6.07, 6.45) is 0. The van der Waals surface area contributed by atoms with Crippen molar-refractivity contribution in [2.45, 2.75) is 19.9 Å². The first-order chi connectivity index (χ1) is 8.85. The molecule has 0 aromatic rings. The summed E-state index contributed by atoms with van der Waals surface area (Å²) in [5, 5.41) is 0. The quantitative estimate of drug-likeness (QED) is 0.692. The molecule has 0 aromatic carbocycles. The summed E-state index contributed by atoms with van der Waals surface area (Å²) < 4.78 is 26.0. The number of hydrogen-bond donors (Lipinski definition) is 1. The van der Waals surface area contributed by atoms with Crippen molar-refractivity contribution in [3.63, 3.8) is 0 Å². The summed E-state index contributed by atoms with van der Waals surface area (Å²) in [6.45, 7) is 8.82. The van der Waals surface area contributed by atoms with E-state index in [4.69, 9.17) is 11.6 Å². The van der Waals surface area contributed by atoms with Crippen molar-refractivity contribution in [1.29, 1.82) is 0 Å². The van der Waals surface area contributed by atoms with Gasteiger partial charge in [0.15, 0.2) is 0 Å². The highest BCUT2D eigenvalue weighted by molar-refractivity contribution is 7.89. The van der Waals surface area contributed by atoms with E-state index < -0.39 is 10.0 Å². The fourth-order valence-electron chi connectivity index (χ4n) is 2.33. The van der Waals surface area contributed by atoms with Gasteiger partial charge in [-0.1, -0.05) is 13.8 Å². The third-order valence-electron chi connectivity index (χ3n) is 3.63. The zero-order valence-electron chi connectivity index (χ0n) is 12.1. The lowest BCUT2D eigenvalue weighted by molar-refractivity contribution is 0.0905. The number of sulfonamides is 1. The Morgan fingerprint density at radius 3 is 2.26 bits per heavy atom. The first kappa shape index (κ1) is 17.2. The van der Waals surface area contributed by atoms with Gasteiger partial charge in [0.1, 0.15) is 0 Å². The van der Waals surface area contributed by atoms with Gasteiger partial charge in [0.05, 0.1) is 5.75 Å². The van der Waals surface area contributed by atoms with Gasteiger partial charge in [-0.2, -0.15) is 0 Å². The number of rotatable bonds is 7. The summed E-state index contributed by atoms with van der Waals surface area (Å²) in [5.74, 6) is 0.542. The molecule has 19 heavy (non-hydrogen) atoms. The molecule has 1 aliphatic heterocycles. The molecule has 114 valence electrons. The van der Waals surface area contributed by atoms with Crippen molar-refractivity contribution < 1.29 is 8.42 Å². The maximum atomic E-state index is 11.7. The Hall–Kier alpha value is 0.120. The molecule has 1 heterocycles. The normalized spacial score (nSPS) is 20.9. The lowest BCUT2D eigenvalue weighted by Gasteiger charge is -2.39. The van der Waals surface area contributed by atoms with Crippen molar-refractivity contribution >= 4 is 21.6 Å². The molecule has 1 fully saturated rings. The molecule has 1 saturated heterocycles. The molecule has 0 aromatic heterocycles. The van der Waals surface area contributed by atoms with Crippen LogP contribution in [0.15, 0.2) is 0 Å². The van der Waals surface area contributed by atoms with Crippen molar-refractivity contribution in [3.8, 4) is 0 Å². The highest BCUT2D eigenvalue weighted by Gasteiger charge is 2.26. The van der Waals surface area contributed by atoms with E-state index >= 15 is 0 Å². The highest BCUT2D eigenvalue weighted by Crippen LogP contribution is 2.13. The van der Waals surface area contributed by atoms with Crippen molar-refractivity contribution in [3.05, 3.63) is 0 Å². The molecule has 0 aliphatic carbocycles. The standard InChI is InChI=1S/C12H26ClN3O2S/c1-11(2)12(10-14-19(17,18)9-4-13)16-7-5-15(3)6-8-16/h11-12,14H,4-10H2,1-3H3. The maximum Gasteiger partial charge on any atom is 0.212 e. The van der Waals surface area contributed by atoms with Crippen LogP contribution in [0.4, 0.5) is 0 Å². The molecule has 0 amide bonds. The third kappa shape index (κ3) is 5.95.